The second-order valence-corrected chi connectivity index (χ2v) is 4.91. The van der Waals surface area contributed by atoms with Crippen LogP contribution in [0.5, 0.6) is 0 Å². The number of anilines is 2. The van der Waals surface area contributed by atoms with Crippen LogP contribution < -0.4 is 16.6 Å². The molecule has 0 aliphatic carbocycles. The number of nitrogens with two attached hydrogens (primary N) is 1. The molecule has 1 rings (SSSR count). The lowest BCUT2D eigenvalue weighted by atomic mass is 10.3. The number of nitrogens with zero attached hydrogens (tertiary/aromatic N) is 3. The minimum atomic E-state index is 0.582. The first-order valence-electron chi connectivity index (χ1n) is 6.85. The van der Waals surface area contributed by atoms with Crippen LogP contribution in [-0.4, -0.2) is 41.0 Å². The molecular weight excluding hydrogens is 240 g/mol. The molecule has 1 aromatic rings. The number of aryl methyl sites for hydroxylation is 1. The average Bonchev–Trinajstić information content (AvgIpc) is 2.42. The van der Waals surface area contributed by atoms with Gasteiger partial charge in [-0.2, -0.15) is 0 Å². The highest BCUT2D eigenvalue weighted by atomic mass is 15.3. The molecule has 6 heteroatoms. The maximum Gasteiger partial charge on any atom is 0.145 e. The van der Waals surface area contributed by atoms with E-state index in [9.17, 15) is 0 Å². The van der Waals surface area contributed by atoms with E-state index in [2.05, 4.69) is 46.5 Å². The van der Waals surface area contributed by atoms with Gasteiger partial charge in [0.2, 0.25) is 0 Å². The standard InChI is InChI=1S/C13H26N6/c1-5-11-16-12(9-13(17-11)18-14)15-7-6-8-19(4)10(2)3/h9-10H,5-8,14H2,1-4H3,(H2,15,16,17,18). The minimum Gasteiger partial charge on any atom is -0.370 e. The molecule has 19 heavy (non-hydrogen) atoms. The van der Waals surface area contributed by atoms with Crippen molar-refractivity contribution in [1.29, 1.82) is 0 Å². The first-order valence-corrected chi connectivity index (χ1v) is 6.85. The first-order chi connectivity index (χ1) is 9.06. The van der Waals surface area contributed by atoms with Crippen LogP contribution in [0, 0.1) is 0 Å². The molecule has 1 aromatic heterocycles. The predicted molar refractivity (Wildman–Crippen MR) is 80.1 cm³/mol. The summed E-state index contributed by atoms with van der Waals surface area (Å²) in [7, 11) is 2.14. The summed E-state index contributed by atoms with van der Waals surface area (Å²) in [5.41, 5.74) is 2.57. The van der Waals surface area contributed by atoms with Crippen molar-refractivity contribution in [2.75, 3.05) is 30.9 Å². The van der Waals surface area contributed by atoms with Crippen molar-refractivity contribution < 1.29 is 0 Å². The number of nitrogen functional groups attached to an aromatic ring is 1. The van der Waals surface area contributed by atoms with Crippen LogP contribution in [0.1, 0.15) is 33.0 Å². The van der Waals surface area contributed by atoms with Crippen molar-refractivity contribution in [3.05, 3.63) is 11.9 Å². The van der Waals surface area contributed by atoms with Crippen molar-refractivity contribution in [3.63, 3.8) is 0 Å². The largest absolute Gasteiger partial charge is 0.370 e. The van der Waals surface area contributed by atoms with Crippen LogP contribution in [0.15, 0.2) is 6.07 Å². The van der Waals surface area contributed by atoms with Crippen LogP contribution in [0.25, 0.3) is 0 Å². The number of hydrogen-bond donors (Lipinski definition) is 3. The lowest BCUT2D eigenvalue weighted by Crippen LogP contribution is -2.28. The quantitative estimate of drug-likeness (QED) is 0.376. The zero-order valence-electron chi connectivity index (χ0n) is 12.4. The summed E-state index contributed by atoms with van der Waals surface area (Å²) in [5, 5.41) is 3.32. The van der Waals surface area contributed by atoms with Crippen molar-refractivity contribution in [3.8, 4) is 0 Å². The van der Waals surface area contributed by atoms with Crippen molar-refractivity contribution in [1.82, 2.24) is 14.9 Å². The summed E-state index contributed by atoms with van der Waals surface area (Å²) < 4.78 is 0. The maximum atomic E-state index is 5.40. The number of nitrogens with one attached hydrogen (secondary N) is 2. The van der Waals surface area contributed by atoms with E-state index in [-0.39, 0.29) is 0 Å². The fraction of sp³-hybridized carbons (Fsp3) is 0.692. The summed E-state index contributed by atoms with van der Waals surface area (Å²) in [6.07, 6.45) is 1.87. The molecule has 4 N–H and O–H groups in total. The average molecular weight is 266 g/mol. The summed E-state index contributed by atoms with van der Waals surface area (Å²) in [5.74, 6) is 7.66. The molecule has 0 fully saturated rings. The van der Waals surface area contributed by atoms with Crippen LogP contribution >= 0.6 is 0 Å². The van der Waals surface area contributed by atoms with E-state index in [0.717, 1.165) is 37.6 Å². The third kappa shape index (κ3) is 5.40. The van der Waals surface area contributed by atoms with E-state index in [1.165, 1.54) is 0 Å². The summed E-state index contributed by atoms with van der Waals surface area (Å²) in [6.45, 7) is 8.38. The molecule has 0 aromatic carbocycles. The maximum absolute atomic E-state index is 5.40. The van der Waals surface area contributed by atoms with Crippen LogP contribution in [0.4, 0.5) is 11.6 Å². The van der Waals surface area contributed by atoms with Crippen molar-refractivity contribution in [2.24, 2.45) is 5.84 Å². The molecule has 0 radical (unpaired) electrons. The monoisotopic (exact) mass is 266 g/mol. The van der Waals surface area contributed by atoms with Gasteiger partial charge in [0.15, 0.2) is 0 Å². The third-order valence-corrected chi connectivity index (χ3v) is 3.11. The molecule has 0 aliphatic heterocycles. The molecule has 0 unspecified atom stereocenters. The molecule has 0 amide bonds. The lowest BCUT2D eigenvalue weighted by Gasteiger charge is -2.20. The zero-order valence-corrected chi connectivity index (χ0v) is 12.4. The number of hydrazine groups is 1. The Morgan fingerprint density at radius 3 is 2.58 bits per heavy atom. The van der Waals surface area contributed by atoms with Crippen molar-refractivity contribution >= 4 is 11.6 Å². The van der Waals surface area contributed by atoms with Gasteiger partial charge < -0.3 is 15.6 Å². The molecule has 0 aliphatic rings. The Morgan fingerprint density at radius 1 is 1.32 bits per heavy atom. The SMILES string of the molecule is CCc1nc(NN)cc(NCCCN(C)C(C)C)n1. The Labute approximate surface area is 115 Å². The lowest BCUT2D eigenvalue weighted by molar-refractivity contribution is 0.273. The third-order valence-electron chi connectivity index (χ3n) is 3.11. The summed E-state index contributed by atoms with van der Waals surface area (Å²) in [6, 6.07) is 2.41. The van der Waals surface area contributed by atoms with E-state index < -0.39 is 0 Å². The number of rotatable bonds is 8. The van der Waals surface area contributed by atoms with Gasteiger partial charge in [0.05, 0.1) is 0 Å². The van der Waals surface area contributed by atoms with Crippen LogP contribution in [-0.2, 0) is 6.42 Å². The zero-order chi connectivity index (χ0) is 14.3. The highest BCUT2D eigenvalue weighted by molar-refractivity contribution is 5.46. The van der Waals surface area contributed by atoms with Gasteiger partial charge in [0, 0.05) is 25.1 Å². The molecule has 0 bridgehead atoms. The van der Waals surface area contributed by atoms with Gasteiger partial charge in [-0.15, -0.1) is 0 Å². The van der Waals surface area contributed by atoms with Gasteiger partial charge in [-0.1, -0.05) is 6.92 Å². The summed E-state index contributed by atoms with van der Waals surface area (Å²) >= 11 is 0. The highest BCUT2D eigenvalue weighted by Crippen LogP contribution is 2.10. The fourth-order valence-electron chi connectivity index (χ4n) is 1.62. The van der Waals surface area contributed by atoms with Crippen LogP contribution in [0.3, 0.4) is 0 Å². The van der Waals surface area contributed by atoms with Crippen molar-refractivity contribution in [2.45, 2.75) is 39.7 Å². The number of aromatic nitrogens is 2. The van der Waals surface area contributed by atoms with E-state index in [1.807, 2.05) is 13.0 Å². The Bertz CT molecular complexity index is 357. The second kappa shape index (κ2) is 7.91. The predicted octanol–water partition coefficient (Wildman–Crippen LogP) is 1.47. The van der Waals surface area contributed by atoms with E-state index >= 15 is 0 Å². The normalized spacial score (nSPS) is 11.1. The Balaban J connectivity index is 2.44. The smallest absolute Gasteiger partial charge is 0.145 e. The van der Waals surface area contributed by atoms with E-state index in [4.69, 9.17) is 5.84 Å². The van der Waals surface area contributed by atoms with E-state index in [1.54, 1.807) is 0 Å². The Kier molecular flexibility index (Phi) is 6.52. The number of hydrogen-bond acceptors (Lipinski definition) is 6. The molecule has 0 saturated heterocycles. The van der Waals surface area contributed by atoms with Gasteiger partial charge >= 0.3 is 0 Å². The second-order valence-electron chi connectivity index (χ2n) is 4.91. The Hall–Kier alpha value is -1.40. The topological polar surface area (TPSA) is 79.1 Å². The molecule has 0 atom stereocenters. The molecule has 0 saturated carbocycles. The minimum absolute atomic E-state index is 0.582. The Morgan fingerprint density at radius 2 is 2.00 bits per heavy atom. The molecule has 108 valence electrons. The van der Waals surface area contributed by atoms with Crippen LogP contribution in [0.2, 0.25) is 0 Å². The molecule has 1 heterocycles. The molecule has 6 nitrogen and oxygen atoms in total. The molecule has 0 spiro atoms. The molecular formula is C13H26N6. The van der Waals surface area contributed by atoms with E-state index in [0.29, 0.717) is 11.9 Å². The van der Waals surface area contributed by atoms with Gasteiger partial charge in [0.25, 0.3) is 0 Å². The van der Waals surface area contributed by atoms with Gasteiger partial charge in [-0.05, 0) is 33.9 Å². The van der Waals surface area contributed by atoms with Gasteiger partial charge in [0.1, 0.15) is 17.5 Å². The highest BCUT2D eigenvalue weighted by Gasteiger charge is 2.04. The van der Waals surface area contributed by atoms with Gasteiger partial charge in [-0.3, -0.25) is 0 Å². The summed E-state index contributed by atoms with van der Waals surface area (Å²) in [4.78, 5) is 11.0. The van der Waals surface area contributed by atoms with Gasteiger partial charge in [-0.25, -0.2) is 15.8 Å². The fourth-order valence-corrected chi connectivity index (χ4v) is 1.62. The first kappa shape index (κ1) is 15.7.